The molecule has 1 saturated heterocycles. The average Bonchev–Trinajstić information content (AvgIpc) is 2.64. The molecular formula is C9H13O2PS2. The van der Waals surface area contributed by atoms with Crippen LogP contribution >= 0.6 is 17.8 Å². The highest BCUT2D eigenvalue weighted by molar-refractivity contribution is 8.15. The lowest BCUT2D eigenvalue weighted by Gasteiger charge is -2.35. The summed E-state index contributed by atoms with van der Waals surface area (Å²) >= 11 is 7.08. The van der Waals surface area contributed by atoms with Crippen LogP contribution in [-0.2, 0) is 20.9 Å². The van der Waals surface area contributed by atoms with Crippen LogP contribution in [0.4, 0.5) is 0 Å². The van der Waals surface area contributed by atoms with E-state index in [-0.39, 0.29) is 5.41 Å². The van der Waals surface area contributed by atoms with Gasteiger partial charge in [0.2, 0.25) is 6.49 Å². The van der Waals surface area contributed by atoms with Crippen LogP contribution in [-0.4, -0.2) is 13.2 Å². The molecule has 0 unspecified atom stereocenters. The fourth-order valence-corrected chi connectivity index (χ4v) is 5.14. The summed E-state index contributed by atoms with van der Waals surface area (Å²) in [6.45, 7) is 3.50. The quantitative estimate of drug-likeness (QED) is 0.712. The Kier molecular flexibility index (Phi) is 2.84. The van der Waals surface area contributed by atoms with Gasteiger partial charge in [-0.2, -0.15) is 0 Å². The van der Waals surface area contributed by atoms with E-state index >= 15 is 0 Å². The van der Waals surface area contributed by atoms with Gasteiger partial charge in [-0.05, 0) is 23.3 Å². The molecule has 0 radical (unpaired) electrons. The van der Waals surface area contributed by atoms with E-state index in [4.69, 9.17) is 20.9 Å². The zero-order valence-electron chi connectivity index (χ0n) is 8.23. The standard InChI is InChI=1S/C9H13O2PS2/c1-9(2)6-10-12(13,11-7-9)8-4-3-5-14-8/h3-5H,6-7H2,1-2H3. The number of hydrogen-bond donors (Lipinski definition) is 0. The van der Waals surface area contributed by atoms with Crippen LogP contribution < -0.4 is 4.62 Å². The van der Waals surface area contributed by atoms with Crippen molar-refractivity contribution in [3.63, 3.8) is 0 Å². The summed E-state index contributed by atoms with van der Waals surface area (Å²) in [5.74, 6) is 0. The smallest absolute Gasteiger partial charge is 0.229 e. The van der Waals surface area contributed by atoms with E-state index in [1.54, 1.807) is 11.3 Å². The Hall–Kier alpha value is 0.270. The zero-order chi connectivity index (χ0) is 10.2. The topological polar surface area (TPSA) is 18.5 Å². The minimum absolute atomic E-state index is 0.0968. The molecule has 14 heavy (non-hydrogen) atoms. The van der Waals surface area contributed by atoms with Crippen molar-refractivity contribution in [2.45, 2.75) is 13.8 Å². The van der Waals surface area contributed by atoms with Gasteiger partial charge in [-0.25, -0.2) is 0 Å². The van der Waals surface area contributed by atoms with E-state index in [9.17, 15) is 0 Å². The largest absolute Gasteiger partial charge is 0.325 e. The van der Waals surface area contributed by atoms with Gasteiger partial charge in [-0.1, -0.05) is 19.9 Å². The maximum Gasteiger partial charge on any atom is 0.229 e. The summed E-state index contributed by atoms with van der Waals surface area (Å²) < 4.78 is 12.6. The first-order chi connectivity index (χ1) is 6.52. The van der Waals surface area contributed by atoms with E-state index in [0.29, 0.717) is 13.2 Å². The van der Waals surface area contributed by atoms with Crippen LogP contribution in [0.3, 0.4) is 0 Å². The van der Waals surface area contributed by atoms with E-state index in [2.05, 4.69) is 13.8 Å². The van der Waals surface area contributed by atoms with Crippen molar-refractivity contribution in [1.29, 1.82) is 0 Å². The summed E-state index contributed by atoms with van der Waals surface area (Å²) in [5, 5.41) is 2.01. The van der Waals surface area contributed by atoms with Gasteiger partial charge in [0.15, 0.2) is 0 Å². The number of hydrogen-bond acceptors (Lipinski definition) is 4. The Balaban J connectivity index is 2.18. The van der Waals surface area contributed by atoms with Gasteiger partial charge in [-0.15, -0.1) is 11.3 Å². The Labute approximate surface area is 93.4 Å². The first-order valence-electron chi connectivity index (χ1n) is 4.45. The van der Waals surface area contributed by atoms with Crippen molar-refractivity contribution in [3.8, 4) is 0 Å². The third-order valence-corrected chi connectivity index (χ3v) is 6.93. The molecule has 1 fully saturated rings. The summed E-state index contributed by atoms with van der Waals surface area (Å²) in [5.41, 5.74) is 0.0968. The van der Waals surface area contributed by atoms with Gasteiger partial charge in [0.05, 0.1) is 17.8 Å². The lowest BCUT2D eigenvalue weighted by atomic mass is 9.97. The minimum atomic E-state index is -2.15. The SMILES string of the molecule is CC1(C)COP(=S)(c2cccs2)OC1. The third kappa shape index (κ3) is 2.10. The molecule has 1 aromatic rings. The Morgan fingerprint density at radius 1 is 1.43 bits per heavy atom. The maximum atomic E-state index is 5.74. The lowest BCUT2D eigenvalue weighted by molar-refractivity contribution is 0.0643. The second kappa shape index (κ2) is 3.69. The molecule has 2 nitrogen and oxygen atoms in total. The molecule has 5 heteroatoms. The van der Waals surface area contributed by atoms with Gasteiger partial charge < -0.3 is 9.05 Å². The molecule has 1 aliphatic heterocycles. The summed E-state index contributed by atoms with van der Waals surface area (Å²) in [6.07, 6.45) is 0. The van der Waals surface area contributed by atoms with Crippen LogP contribution in [0.1, 0.15) is 13.8 Å². The van der Waals surface area contributed by atoms with Crippen molar-refractivity contribution < 1.29 is 9.05 Å². The minimum Gasteiger partial charge on any atom is -0.325 e. The second-order valence-corrected chi connectivity index (χ2v) is 8.85. The molecule has 2 rings (SSSR count). The van der Waals surface area contributed by atoms with E-state index in [0.717, 1.165) is 4.62 Å². The summed E-state index contributed by atoms with van der Waals surface area (Å²) in [7, 11) is 0. The fourth-order valence-electron chi connectivity index (χ4n) is 1.15. The molecule has 0 aliphatic carbocycles. The summed E-state index contributed by atoms with van der Waals surface area (Å²) in [4.78, 5) is 0. The first-order valence-corrected chi connectivity index (χ1v) is 7.97. The van der Waals surface area contributed by atoms with Crippen molar-refractivity contribution in [1.82, 2.24) is 0 Å². The highest BCUT2D eigenvalue weighted by Gasteiger charge is 2.34. The molecular weight excluding hydrogens is 235 g/mol. The predicted octanol–water partition coefficient (Wildman–Crippen LogP) is 2.76. The number of thiophene rings is 1. The fraction of sp³-hybridized carbons (Fsp3) is 0.556. The van der Waals surface area contributed by atoms with Crippen LogP contribution in [0.15, 0.2) is 17.5 Å². The van der Waals surface area contributed by atoms with Gasteiger partial charge in [0.25, 0.3) is 0 Å². The van der Waals surface area contributed by atoms with Crippen LogP contribution in [0, 0.1) is 5.41 Å². The highest BCUT2D eigenvalue weighted by Crippen LogP contribution is 2.53. The first kappa shape index (κ1) is 10.8. The second-order valence-electron chi connectivity index (χ2n) is 4.16. The maximum absolute atomic E-state index is 5.74. The van der Waals surface area contributed by atoms with E-state index in [1.165, 1.54) is 0 Å². The third-order valence-electron chi connectivity index (χ3n) is 2.03. The Morgan fingerprint density at radius 2 is 2.07 bits per heavy atom. The van der Waals surface area contributed by atoms with Crippen LogP contribution in [0.5, 0.6) is 0 Å². The normalized spacial score (nSPS) is 24.7. The molecule has 0 saturated carbocycles. The zero-order valence-corrected chi connectivity index (χ0v) is 10.8. The number of rotatable bonds is 1. The van der Waals surface area contributed by atoms with Crippen molar-refractivity contribution in [3.05, 3.63) is 17.5 Å². The monoisotopic (exact) mass is 248 g/mol. The Bertz CT molecular complexity index is 345. The van der Waals surface area contributed by atoms with Gasteiger partial charge >= 0.3 is 0 Å². The lowest BCUT2D eigenvalue weighted by Crippen LogP contribution is -2.31. The molecule has 0 N–H and O–H groups in total. The van der Waals surface area contributed by atoms with Gasteiger partial charge in [0.1, 0.15) is 0 Å². The molecule has 0 atom stereocenters. The van der Waals surface area contributed by atoms with Crippen LogP contribution in [0.2, 0.25) is 0 Å². The molecule has 78 valence electrons. The molecule has 0 spiro atoms. The van der Waals surface area contributed by atoms with Crippen molar-refractivity contribution >= 4 is 34.3 Å². The molecule has 0 aromatic carbocycles. The van der Waals surface area contributed by atoms with Gasteiger partial charge in [0, 0.05) is 5.41 Å². The van der Waals surface area contributed by atoms with E-state index < -0.39 is 6.49 Å². The Morgan fingerprint density at radius 3 is 2.57 bits per heavy atom. The molecule has 0 bridgehead atoms. The van der Waals surface area contributed by atoms with Crippen molar-refractivity contribution in [2.75, 3.05) is 13.2 Å². The van der Waals surface area contributed by atoms with Gasteiger partial charge in [-0.3, -0.25) is 0 Å². The predicted molar refractivity (Wildman–Crippen MR) is 63.9 cm³/mol. The highest BCUT2D eigenvalue weighted by atomic mass is 32.5. The van der Waals surface area contributed by atoms with Crippen LogP contribution in [0.25, 0.3) is 0 Å². The molecule has 0 amide bonds. The van der Waals surface area contributed by atoms with Crippen molar-refractivity contribution in [2.24, 2.45) is 5.41 Å². The van der Waals surface area contributed by atoms with E-state index in [1.807, 2.05) is 17.5 Å². The summed E-state index contributed by atoms with van der Waals surface area (Å²) in [6, 6.07) is 3.99. The molecule has 1 aliphatic rings. The molecule has 1 aromatic heterocycles. The average molecular weight is 248 g/mol. The molecule has 2 heterocycles.